The average molecular weight is 128 g/mol. The van der Waals surface area contributed by atoms with Crippen LogP contribution in [0.1, 0.15) is 13.3 Å². The van der Waals surface area contributed by atoms with Crippen LogP contribution in [-0.4, -0.2) is 12.6 Å². The highest BCUT2D eigenvalue weighted by Gasteiger charge is 2.12. The molecule has 1 aliphatic rings. The molecule has 0 aromatic heterocycles. The number of allylic oxidation sites excluding steroid dienone is 1. The molecular weight excluding hydrogens is 120 g/mol. The lowest BCUT2D eigenvalue weighted by Gasteiger charge is -1.94. The van der Waals surface area contributed by atoms with Crippen molar-refractivity contribution in [1.29, 1.82) is 0 Å². The minimum atomic E-state index is -0.00694. The lowest BCUT2D eigenvalue weighted by Crippen LogP contribution is -1.99. The van der Waals surface area contributed by atoms with E-state index in [0.717, 1.165) is 0 Å². The fraction of sp³-hybridized carbons (Fsp3) is 0.500. The van der Waals surface area contributed by atoms with Crippen LogP contribution in [0.2, 0.25) is 0 Å². The Bertz CT molecular complexity index is 148. The van der Waals surface area contributed by atoms with Crippen LogP contribution in [0.15, 0.2) is 12.0 Å². The first-order valence-electron chi connectivity index (χ1n) is 2.82. The Balaban J connectivity index is 2.51. The van der Waals surface area contributed by atoms with E-state index in [-0.39, 0.29) is 12.6 Å². The Kier molecular flexibility index (Phi) is 1.72. The lowest BCUT2D eigenvalue weighted by atomic mass is 10.3. The van der Waals surface area contributed by atoms with Crippen molar-refractivity contribution in [3.05, 3.63) is 12.0 Å². The van der Waals surface area contributed by atoms with E-state index in [4.69, 9.17) is 4.74 Å². The van der Waals surface area contributed by atoms with Crippen LogP contribution in [0.4, 0.5) is 0 Å². The van der Waals surface area contributed by atoms with Gasteiger partial charge in [-0.1, -0.05) is 6.92 Å². The molecule has 50 valence electrons. The summed E-state index contributed by atoms with van der Waals surface area (Å²) in [6.45, 7) is 1.96. The van der Waals surface area contributed by atoms with Gasteiger partial charge < -0.3 is 9.47 Å². The van der Waals surface area contributed by atoms with Crippen LogP contribution in [0, 0.1) is 0 Å². The normalized spacial score (nSPS) is 15.9. The minimum absolute atomic E-state index is 0.00694. The molecule has 9 heavy (non-hydrogen) atoms. The molecule has 0 amide bonds. The maximum atomic E-state index is 10.7. The number of hydrogen-bond acceptors (Lipinski definition) is 3. The largest absolute Gasteiger partial charge is 0.461 e. The zero-order valence-electron chi connectivity index (χ0n) is 5.22. The molecule has 1 heterocycles. The number of rotatable bonds is 2. The van der Waals surface area contributed by atoms with Gasteiger partial charge in [0.25, 0.3) is 0 Å². The highest BCUT2D eigenvalue weighted by atomic mass is 16.7. The van der Waals surface area contributed by atoms with Gasteiger partial charge in [0.1, 0.15) is 6.26 Å². The molecule has 0 bridgehead atoms. The molecule has 0 aromatic carbocycles. The fourth-order valence-electron chi connectivity index (χ4n) is 0.562. The van der Waals surface area contributed by atoms with E-state index in [9.17, 15) is 4.79 Å². The van der Waals surface area contributed by atoms with Crippen LogP contribution >= 0.6 is 0 Å². The topological polar surface area (TPSA) is 35.5 Å². The predicted molar refractivity (Wildman–Crippen MR) is 30.4 cm³/mol. The summed E-state index contributed by atoms with van der Waals surface area (Å²) in [6, 6.07) is 0. The predicted octanol–water partition coefficient (Wildman–Crippen LogP) is 0.811. The summed E-state index contributed by atoms with van der Waals surface area (Å²) in [6.07, 6.45) is 1.82. The van der Waals surface area contributed by atoms with Crippen molar-refractivity contribution < 1.29 is 14.3 Å². The van der Waals surface area contributed by atoms with Crippen LogP contribution in [0.3, 0.4) is 0 Å². The van der Waals surface area contributed by atoms with Crippen molar-refractivity contribution in [2.75, 3.05) is 6.79 Å². The number of hydrogen-bond donors (Lipinski definition) is 0. The molecule has 0 fully saturated rings. The molecule has 0 saturated heterocycles. The van der Waals surface area contributed by atoms with Gasteiger partial charge in [-0.25, -0.2) is 0 Å². The Morgan fingerprint density at radius 2 is 2.67 bits per heavy atom. The molecule has 0 spiro atoms. The Morgan fingerprint density at radius 1 is 1.89 bits per heavy atom. The first-order chi connectivity index (χ1) is 4.34. The third kappa shape index (κ3) is 1.22. The molecular formula is C6H8O3. The summed E-state index contributed by atoms with van der Waals surface area (Å²) >= 11 is 0. The van der Waals surface area contributed by atoms with E-state index in [2.05, 4.69) is 4.74 Å². The smallest absolute Gasteiger partial charge is 0.230 e. The van der Waals surface area contributed by atoms with Crippen LogP contribution in [-0.2, 0) is 14.3 Å². The van der Waals surface area contributed by atoms with Gasteiger partial charge in [-0.05, 0) is 0 Å². The van der Waals surface area contributed by atoms with Gasteiger partial charge in [0.15, 0.2) is 5.78 Å². The van der Waals surface area contributed by atoms with Gasteiger partial charge in [0, 0.05) is 6.42 Å². The highest BCUT2D eigenvalue weighted by Crippen LogP contribution is 2.08. The second kappa shape index (κ2) is 2.53. The lowest BCUT2D eigenvalue weighted by molar-refractivity contribution is -0.118. The van der Waals surface area contributed by atoms with Gasteiger partial charge in [0.05, 0.1) is 0 Å². The molecule has 0 unspecified atom stereocenters. The molecule has 0 N–H and O–H groups in total. The van der Waals surface area contributed by atoms with Gasteiger partial charge in [-0.3, -0.25) is 4.79 Å². The second-order valence-corrected chi connectivity index (χ2v) is 1.69. The number of ether oxygens (including phenoxy) is 2. The molecule has 3 heteroatoms. The average Bonchev–Trinajstić information content (AvgIpc) is 2.37. The number of carbonyl (C=O) groups is 1. The molecule has 0 radical (unpaired) electrons. The quantitative estimate of drug-likeness (QED) is 0.552. The van der Waals surface area contributed by atoms with Crippen molar-refractivity contribution in [3.63, 3.8) is 0 Å². The number of carbonyl (C=O) groups excluding carboxylic acids is 1. The number of ketones is 1. The first-order valence-corrected chi connectivity index (χ1v) is 2.82. The van der Waals surface area contributed by atoms with Crippen molar-refractivity contribution >= 4 is 5.78 Å². The second-order valence-electron chi connectivity index (χ2n) is 1.69. The van der Waals surface area contributed by atoms with E-state index in [0.29, 0.717) is 12.2 Å². The highest BCUT2D eigenvalue weighted by molar-refractivity contribution is 5.93. The van der Waals surface area contributed by atoms with Gasteiger partial charge in [-0.15, -0.1) is 0 Å². The standard InChI is InChI=1S/C6H8O3/c1-2-5(7)6-3-8-4-9-6/h3H,2,4H2,1H3. The molecule has 1 aliphatic heterocycles. The zero-order valence-corrected chi connectivity index (χ0v) is 5.22. The molecule has 3 nitrogen and oxygen atoms in total. The van der Waals surface area contributed by atoms with Crippen molar-refractivity contribution in [2.24, 2.45) is 0 Å². The van der Waals surface area contributed by atoms with Crippen LogP contribution in [0.25, 0.3) is 0 Å². The molecule has 0 aliphatic carbocycles. The third-order valence-electron chi connectivity index (χ3n) is 1.07. The Morgan fingerprint density at radius 3 is 3.11 bits per heavy atom. The van der Waals surface area contributed by atoms with E-state index < -0.39 is 0 Å². The van der Waals surface area contributed by atoms with E-state index >= 15 is 0 Å². The van der Waals surface area contributed by atoms with Crippen LogP contribution < -0.4 is 0 Å². The Labute approximate surface area is 53.3 Å². The van der Waals surface area contributed by atoms with Crippen molar-refractivity contribution in [2.45, 2.75) is 13.3 Å². The first kappa shape index (κ1) is 6.13. The van der Waals surface area contributed by atoms with E-state index in [1.54, 1.807) is 6.92 Å². The summed E-state index contributed by atoms with van der Waals surface area (Å²) in [4.78, 5) is 10.7. The number of Topliss-reactive ketones (excluding diaryl/α,β-unsaturated/α-hetero) is 1. The maximum absolute atomic E-state index is 10.7. The monoisotopic (exact) mass is 128 g/mol. The van der Waals surface area contributed by atoms with Crippen LogP contribution in [0.5, 0.6) is 0 Å². The van der Waals surface area contributed by atoms with Crippen molar-refractivity contribution in [1.82, 2.24) is 0 Å². The maximum Gasteiger partial charge on any atom is 0.230 e. The summed E-state index contributed by atoms with van der Waals surface area (Å²) in [5.41, 5.74) is 0. The summed E-state index contributed by atoms with van der Waals surface area (Å²) < 4.78 is 9.47. The Hall–Kier alpha value is -0.990. The SMILES string of the molecule is CCC(=O)C1=COCO1. The zero-order chi connectivity index (χ0) is 6.69. The van der Waals surface area contributed by atoms with Gasteiger partial charge in [0.2, 0.25) is 12.6 Å². The molecule has 0 aromatic rings. The summed E-state index contributed by atoms with van der Waals surface area (Å²) in [5.74, 6) is 0.338. The molecule has 1 rings (SSSR count). The minimum Gasteiger partial charge on any atom is -0.461 e. The van der Waals surface area contributed by atoms with E-state index in [1.165, 1.54) is 6.26 Å². The summed E-state index contributed by atoms with van der Waals surface area (Å²) in [5, 5.41) is 0. The molecule has 0 saturated carbocycles. The molecule has 0 atom stereocenters. The third-order valence-corrected chi connectivity index (χ3v) is 1.07. The summed E-state index contributed by atoms with van der Waals surface area (Å²) in [7, 11) is 0. The van der Waals surface area contributed by atoms with Crippen molar-refractivity contribution in [3.8, 4) is 0 Å². The van der Waals surface area contributed by atoms with Gasteiger partial charge >= 0.3 is 0 Å². The van der Waals surface area contributed by atoms with E-state index in [1.807, 2.05) is 0 Å². The fourth-order valence-corrected chi connectivity index (χ4v) is 0.562. The van der Waals surface area contributed by atoms with Gasteiger partial charge in [-0.2, -0.15) is 0 Å².